The molecule has 3 aromatic rings. The number of hydrogen-bond donors (Lipinski definition) is 1. The number of pyridine rings is 1. The topological polar surface area (TPSA) is 107 Å². The van der Waals surface area contributed by atoms with Crippen LogP contribution in [-0.2, 0) is 13.1 Å². The molecule has 0 saturated heterocycles. The van der Waals surface area contributed by atoms with Crippen molar-refractivity contribution in [1.29, 1.82) is 0 Å². The highest BCUT2D eigenvalue weighted by molar-refractivity contribution is 5.95. The van der Waals surface area contributed by atoms with Crippen molar-refractivity contribution in [2.45, 2.75) is 20.0 Å². The lowest BCUT2D eigenvalue weighted by Crippen LogP contribution is -2.30. The lowest BCUT2D eigenvalue weighted by atomic mass is 10.1. The largest absolute Gasteiger partial charge is 0.454 e. The highest BCUT2D eigenvalue weighted by Crippen LogP contribution is 2.33. The quantitative estimate of drug-likeness (QED) is 0.640. The van der Waals surface area contributed by atoms with E-state index in [4.69, 9.17) is 14.0 Å². The second-order valence-electron chi connectivity index (χ2n) is 6.62. The molecule has 154 valence electrons. The van der Waals surface area contributed by atoms with Gasteiger partial charge in [0.25, 0.3) is 11.8 Å². The summed E-state index contributed by atoms with van der Waals surface area (Å²) in [5.74, 6) is 0.993. The van der Waals surface area contributed by atoms with Crippen LogP contribution in [0, 0.1) is 0 Å². The Bertz CT molecular complexity index is 1050. The van der Waals surface area contributed by atoms with Gasteiger partial charge in [-0.15, -0.1) is 0 Å². The Morgan fingerprint density at radius 3 is 2.67 bits per heavy atom. The molecule has 4 rings (SSSR count). The van der Waals surface area contributed by atoms with Gasteiger partial charge in [0.05, 0.1) is 6.54 Å². The van der Waals surface area contributed by atoms with E-state index in [1.165, 1.54) is 6.07 Å². The fraction of sp³-hybridized carbons (Fsp3) is 0.238. The van der Waals surface area contributed by atoms with Crippen LogP contribution in [0.15, 0.2) is 53.3 Å². The monoisotopic (exact) mass is 408 g/mol. The van der Waals surface area contributed by atoms with Crippen LogP contribution in [0.1, 0.15) is 39.1 Å². The highest BCUT2D eigenvalue weighted by atomic mass is 16.7. The number of nitrogens with zero attached hydrogens (tertiary/aromatic N) is 3. The first-order valence-electron chi connectivity index (χ1n) is 9.45. The predicted molar refractivity (Wildman–Crippen MR) is 105 cm³/mol. The minimum Gasteiger partial charge on any atom is -0.454 e. The van der Waals surface area contributed by atoms with Crippen molar-refractivity contribution in [3.8, 4) is 11.5 Å². The third-order valence-corrected chi connectivity index (χ3v) is 4.51. The van der Waals surface area contributed by atoms with Gasteiger partial charge in [0.2, 0.25) is 6.79 Å². The normalized spacial score (nSPS) is 11.9. The maximum atomic E-state index is 13.3. The summed E-state index contributed by atoms with van der Waals surface area (Å²) in [5.41, 5.74) is 1.53. The Labute approximate surface area is 172 Å². The van der Waals surface area contributed by atoms with Crippen molar-refractivity contribution >= 4 is 11.8 Å². The van der Waals surface area contributed by atoms with E-state index in [0.717, 1.165) is 5.56 Å². The molecule has 1 aliphatic heterocycles. The number of hydrogen-bond acceptors (Lipinski definition) is 7. The Morgan fingerprint density at radius 1 is 1.07 bits per heavy atom. The van der Waals surface area contributed by atoms with Crippen molar-refractivity contribution in [2.24, 2.45) is 0 Å². The van der Waals surface area contributed by atoms with Crippen molar-refractivity contribution in [3.63, 3.8) is 0 Å². The van der Waals surface area contributed by atoms with Gasteiger partial charge in [0, 0.05) is 37.1 Å². The molecular formula is C21H20N4O5. The molecule has 9 heteroatoms. The fourth-order valence-electron chi connectivity index (χ4n) is 3.05. The number of fused-ring (bicyclic) bond motifs is 1. The summed E-state index contributed by atoms with van der Waals surface area (Å²) in [6, 6.07) is 10.3. The SMILES string of the molecule is CCNC(=O)c1cc(CN(Cc2ccncc2)C(=O)c2ccc3c(c2)OCO3)on1. The highest BCUT2D eigenvalue weighted by Gasteiger charge is 2.23. The van der Waals surface area contributed by atoms with E-state index in [0.29, 0.717) is 35.9 Å². The summed E-state index contributed by atoms with van der Waals surface area (Å²) < 4.78 is 16.0. The van der Waals surface area contributed by atoms with E-state index in [9.17, 15) is 9.59 Å². The van der Waals surface area contributed by atoms with Gasteiger partial charge in [-0.1, -0.05) is 5.16 Å². The zero-order valence-electron chi connectivity index (χ0n) is 16.3. The first-order valence-corrected chi connectivity index (χ1v) is 9.45. The number of carbonyl (C=O) groups is 2. The number of aromatic nitrogens is 2. The summed E-state index contributed by atoms with van der Waals surface area (Å²) >= 11 is 0. The van der Waals surface area contributed by atoms with Gasteiger partial charge in [0.15, 0.2) is 23.0 Å². The molecule has 0 spiro atoms. The van der Waals surface area contributed by atoms with E-state index in [2.05, 4.69) is 15.5 Å². The number of rotatable bonds is 7. The molecule has 0 saturated carbocycles. The molecule has 9 nitrogen and oxygen atoms in total. The standard InChI is InChI=1S/C21H20N4O5/c1-2-23-20(26)17-10-16(30-24-17)12-25(11-14-5-7-22-8-6-14)21(27)15-3-4-18-19(9-15)29-13-28-18/h3-10H,2,11-13H2,1H3,(H,23,26). The maximum absolute atomic E-state index is 13.3. The number of carbonyl (C=O) groups excluding carboxylic acids is 2. The number of amides is 2. The summed E-state index contributed by atoms with van der Waals surface area (Å²) in [6.07, 6.45) is 3.33. The smallest absolute Gasteiger partial charge is 0.273 e. The van der Waals surface area contributed by atoms with Crippen LogP contribution < -0.4 is 14.8 Å². The molecule has 1 aromatic carbocycles. The average Bonchev–Trinajstić information content (AvgIpc) is 3.42. The van der Waals surface area contributed by atoms with E-state index < -0.39 is 0 Å². The van der Waals surface area contributed by atoms with Gasteiger partial charge in [-0.3, -0.25) is 14.6 Å². The first-order chi connectivity index (χ1) is 14.6. The Hall–Kier alpha value is -3.88. The lowest BCUT2D eigenvalue weighted by Gasteiger charge is -2.21. The van der Waals surface area contributed by atoms with Crippen LogP contribution >= 0.6 is 0 Å². The first kappa shape index (κ1) is 19.4. The van der Waals surface area contributed by atoms with Crippen molar-refractivity contribution < 1.29 is 23.6 Å². The molecule has 1 N–H and O–H groups in total. The van der Waals surface area contributed by atoms with Crippen molar-refractivity contribution in [1.82, 2.24) is 20.4 Å². The summed E-state index contributed by atoms with van der Waals surface area (Å²) in [6.45, 7) is 2.90. The van der Waals surface area contributed by atoms with Gasteiger partial charge in [-0.2, -0.15) is 0 Å². The molecular weight excluding hydrogens is 388 g/mol. The molecule has 0 aliphatic carbocycles. The molecule has 0 unspecified atom stereocenters. The van der Waals surface area contributed by atoms with Crippen LogP contribution in [0.4, 0.5) is 0 Å². The molecule has 3 heterocycles. The van der Waals surface area contributed by atoms with Crippen molar-refractivity contribution in [3.05, 3.63) is 71.4 Å². The zero-order chi connectivity index (χ0) is 20.9. The number of nitrogens with one attached hydrogen (secondary N) is 1. The Kier molecular flexibility index (Phi) is 5.60. The van der Waals surface area contributed by atoms with Gasteiger partial charge in [-0.25, -0.2) is 0 Å². The Morgan fingerprint density at radius 2 is 1.87 bits per heavy atom. The van der Waals surface area contributed by atoms with Gasteiger partial charge >= 0.3 is 0 Å². The van der Waals surface area contributed by atoms with E-state index in [-0.39, 0.29) is 30.8 Å². The molecule has 30 heavy (non-hydrogen) atoms. The second-order valence-corrected chi connectivity index (χ2v) is 6.62. The van der Waals surface area contributed by atoms with E-state index in [1.807, 2.05) is 19.1 Å². The van der Waals surface area contributed by atoms with Gasteiger partial charge < -0.3 is 24.2 Å². The summed E-state index contributed by atoms with van der Waals surface area (Å²) in [4.78, 5) is 30.8. The van der Waals surface area contributed by atoms with Crippen LogP contribution in [0.25, 0.3) is 0 Å². The molecule has 0 fully saturated rings. The third-order valence-electron chi connectivity index (χ3n) is 4.51. The van der Waals surface area contributed by atoms with Gasteiger partial charge in [0.1, 0.15) is 0 Å². The van der Waals surface area contributed by atoms with E-state index in [1.54, 1.807) is 35.5 Å². The van der Waals surface area contributed by atoms with Crippen LogP contribution in [-0.4, -0.2) is 40.2 Å². The number of ether oxygens (including phenoxy) is 2. The summed E-state index contributed by atoms with van der Waals surface area (Å²) in [7, 11) is 0. The minimum atomic E-state index is -0.324. The third kappa shape index (κ3) is 4.24. The van der Waals surface area contributed by atoms with Crippen LogP contribution in [0.2, 0.25) is 0 Å². The van der Waals surface area contributed by atoms with Crippen molar-refractivity contribution in [2.75, 3.05) is 13.3 Å². The van der Waals surface area contributed by atoms with Crippen LogP contribution in [0.3, 0.4) is 0 Å². The molecule has 1 aliphatic rings. The average molecular weight is 408 g/mol. The molecule has 2 amide bonds. The lowest BCUT2D eigenvalue weighted by molar-refractivity contribution is 0.0712. The van der Waals surface area contributed by atoms with E-state index >= 15 is 0 Å². The van der Waals surface area contributed by atoms with Crippen LogP contribution in [0.5, 0.6) is 11.5 Å². The minimum absolute atomic E-state index is 0.133. The zero-order valence-corrected chi connectivity index (χ0v) is 16.3. The fourth-order valence-corrected chi connectivity index (χ4v) is 3.05. The molecule has 2 aromatic heterocycles. The molecule has 0 radical (unpaired) electrons. The van der Waals surface area contributed by atoms with Gasteiger partial charge in [-0.05, 0) is 42.8 Å². The number of benzene rings is 1. The predicted octanol–water partition coefficient (Wildman–Crippen LogP) is 2.39. The second kappa shape index (κ2) is 8.64. The summed E-state index contributed by atoms with van der Waals surface area (Å²) in [5, 5.41) is 6.47. The molecule has 0 bridgehead atoms. The maximum Gasteiger partial charge on any atom is 0.273 e. The molecule has 0 atom stereocenters. The Balaban J connectivity index is 1.58.